The first-order chi connectivity index (χ1) is 8.54. The van der Waals surface area contributed by atoms with Gasteiger partial charge in [-0.1, -0.05) is 15.9 Å². The monoisotopic (exact) mass is 314 g/mol. The van der Waals surface area contributed by atoms with Crippen molar-refractivity contribution in [1.82, 2.24) is 4.90 Å². The van der Waals surface area contributed by atoms with E-state index in [2.05, 4.69) is 20.8 Å². The van der Waals surface area contributed by atoms with Gasteiger partial charge in [-0.3, -0.25) is 4.90 Å². The molecule has 4 heteroatoms. The van der Waals surface area contributed by atoms with E-state index in [9.17, 15) is 4.39 Å². The van der Waals surface area contributed by atoms with Crippen molar-refractivity contribution >= 4 is 15.9 Å². The highest BCUT2D eigenvalue weighted by Gasteiger charge is 2.35. The molecule has 0 radical (unpaired) electrons. The Hall–Kier alpha value is -0.450. The van der Waals surface area contributed by atoms with Crippen LogP contribution in [-0.4, -0.2) is 24.5 Å². The molecule has 1 aromatic carbocycles. The van der Waals surface area contributed by atoms with Crippen LogP contribution in [0.5, 0.6) is 0 Å². The second-order valence-corrected chi connectivity index (χ2v) is 6.06. The zero-order chi connectivity index (χ0) is 13.3. The molecule has 0 amide bonds. The molecule has 2 unspecified atom stereocenters. The number of benzene rings is 1. The summed E-state index contributed by atoms with van der Waals surface area (Å²) in [5, 5.41) is 0. The van der Waals surface area contributed by atoms with Crippen LogP contribution in [0.3, 0.4) is 0 Å². The van der Waals surface area contributed by atoms with Gasteiger partial charge in [-0.05, 0) is 50.9 Å². The lowest BCUT2D eigenvalue weighted by atomic mass is 10.0. The van der Waals surface area contributed by atoms with Crippen LogP contribution in [0.2, 0.25) is 0 Å². The zero-order valence-corrected chi connectivity index (χ0v) is 12.5. The summed E-state index contributed by atoms with van der Waals surface area (Å²) in [4.78, 5) is 2.21. The Labute approximate surface area is 116 Å². The van der Waals surface area contributed by atoms with Gasteiger partial charge in [0.05, 0.1) is 0 Å². The van der Waals surface area contributed by atoms with Crippen molar-refractivity contribution in [1.29, 1.82) is 0 Å². The molecule has 0 aliphatic heterocycles. The van der Waals surface area contributed by atoms with E-state index in [0.717, 1.165) is 10.0 Å². The van der Waals surface area contributed by atoms with Crippen LogP contribution in [0.25, 0.3) is 0 Å². The lowest BCUT2D eigenvalue weighted by molar-refractivity contribution is 0.167. The molecule has 1 aliphatic rings. The lowest BCUT2D eigenvalue weighted by Crippen LogP contribution is -2.41. The third-order valence-electron chi connectivity index (χ3n) is 3.95. The van der Waals surface area contributed by atoms with E-state index in [-0.39, 0.29) is 11.9 Å². The molecule has 2 nitrogen and oxygen atoms in total. The summed E-state index contributed by atoms with van der Waals surface area (Å²) in [6.45, 7) is 2.68. The standard InChI is InChI=1S/C14H20BrFN2/c1-9(12-7-11(15)5-6-13(12)16)18(2)14(8-17)10-3-4-10/h5-7,9-10,14H,3-4,8,17H2,1-2H3. The van der Waals surface area contributed by atoms with Gasteiger partial charge in [0, 0.05) is 28.7 Å². The fraction of sp³-hybridized carbons (Fsp3) is 0.571. The molecule has 0 spiro atoms. The Morgan fingerprint density at radius 1 is 1.50 bits per heavy atom. The fourth-order valence-corrected chi connectivity index (χ4v) is 2.89. The molecule has 1 fully saturated rings. The van der Waals surface area contributed by atoms with Gasteiger partial charge in [-0.15, -0.1) is 0 Å². The SMILES string of the molecule is CC(c1cc(Br)ccc1F)N(C)C(CN)C1CC1. The van der Waals surface area contributed by atoms with Crippen molar-refractivity contribution in [2.24, 2.45) is 11.7 Å². The quantitative estimate of drug-likeness (QED) is 0.903. The first-order valence-corrected chi connectivity index (χ1v) is 7.20. The minimum Gasteiger partial charge on any atom is -0.329 e. The highest BCUT2D eigenvalue weighted by molar-refractivity contribution is 9.10. The van der Waals surface area contributed by atoms with E-state index in [1.54, 1.807) is 6.07 Å². The molecule has 1 saturated carbocycles. The van der Waals surface area contributed by atoms with Crippen LogP contribution in [-0.2, 0) is 0 Å². The Kier molecular flexibility index (Phi) is 4.41. The van der Waals surface area contributed by atoms with Crippen LogP contribution in [0.1, 0.15) is 31.4 Å². The topological polar surface area (TPSA) is 29.3 Å². The van der Waals surface area contributed by atoms with Gasteiger partial charge in [-0.25, -0.2) is 4.39 Å². The molecule has 0 heterocycles. The third-order valence-corrected chi connectivity index (χ3v) is 4.44. The summed E-state index contributed by atoms with van der Waals surface area (Å²) in [6.07, 6.45) is 2.50. The lowest BCUT2D eigenvalue weighted by Gasteiger charge is -2.33. The summed E-state index contributed by atoms with van der Waals surface area (Å²) in [6, 6.07) is 5.50. The molecule has 2 N–H and O–H groups in total. The molecule has 100 valence electrons. The largest absolute Gasteiger partial charge is 0.329 e. The molecule has 1 aromatic rings. The Morgan fingerprint density at radius 3 is 2.72 bits per heavy atom. The summed E-state index contributed by atoms with van der Waals surface area (Å²) in [7, 11) is 2.04. The zero-order valence-electron chi connectivity index (χ0n) is 10.9. The van der Waals surface area contributed by atoms with Gasteiger partial charge in [0.15, 0.2) is 0 Å². The summed E-state index contributed by atoms with van der Waals surface area (Å²) in [5.41, 5.74) is 6.58. The Morgan fingerprint density at radius 2 is 2.17 bits per heavy atom. The second-order valence-electron chi connectivity index (χ2n) is 5.15. The number of hydrogen-bond acceptors (Lipinski definition) is 2. The van der Waals surface area contributed by atoms with E-state index in [4.69, 9.17) is 5.73 Å². The summed E-state index contributed by atoms with van der Waals surface area (Å²) >= 11 is 3.40. The minimum absolute atomic E-state index is 0.0386. The van der Waals surface area contributed by atoms with Crippen LogP contribution >= 0.6 is 15.9 Å². The molecule has 2 rings (SSSR count). The third kappa shape index (κ3) is 2.92. The van der Waals surface area contributed by atoms with Gasteiger partial charge in [-0.2, -0.15) is 0 Å². The molecular weight excluding hydrogens is 295 g/mol. The van der Waals surface area contributed by atoms with Crippen molar-refractivity contribution in [3.8, 4) is 0 Å². The van der Waals surface area contributed by atoms with Gasteiger partial charge < -0.3 is 5.73 Å². The van der Waals surface area contributed by atoms with Crippen LogP contribution in [0.15, 0.2) is 22.7 Å². The van der Waals surface area contributed by atoms with E-state index >= 15 is 0 Å². The maximum absolute atomic E-state index is 13.9. The van der Waals surface area contributed by atoms with Crippen molar-refractivity contribution in [2.45, 2.75) is 31.8 Å². The van der Waals surface area contributed by atoms with Crippen molar-refractivity contribution in [3.05, 3.63) is 34.1 Å². The number of nitrogens with zero attached hydrogens (tertiary/aromatic N) is 1. The van der Waals surface area contributed by atoms with Gasteiger partial charge in [0.1, 0.15) is 5.82 Å². The van der Waals surface area contributed by atoms with E-state index < -0.39 is 0 Å². The molecular formula is C14H20BrFN2. The van der Waals surface area contributed by atoms with Crippen molar-refractivity contribution < 1.29 is 4.39 Å². The second kappa shape index (κ2) is 5.68. The number of nitrogens with two attached hydrogens (primary N) is 1. The van der Waals surface area contributed by atoms with Crippen LogP contribution < -0.4 is 5.73 Å². The molecule has 18 heavy (non-hydrogen) atoms. The maximum Gasteiger partial charge on any atom is 0.128 e. The molecule has 0 aromatic heterocycles. The fourth-order valence-electron chi connectivity index (χ4n) is 2.51. The summed E-state index contributed by atoms with van der Waals surface area (Å²) < 4.78 is 14.8. The van der Waals surface area contributed by atoms with Gasteiger partial charge >= 0.3 is 0 Å². The van der Waals surface area contributed by atoms with E-state index in [0.29, 0.717) is 18.5 Å². The number of likely N-dealkylation sites (N-methyl/N-ethyl adjacent to an activating group) is 1. The first kappa shape index (κ1) is 14.0. The molecule has 2 atom stereocenters. The number of halogens is 2. The molecule has 0 bridgehead atoms. The number of hydrogen-bond donors (Lipinski definition) is 1. The van der Waals surface area contributed by atoms with Crippen molar-refractivity contribution in [3.63, 3.8) is 0 Å². The van der Waals surface area contributed by atoms with E-state index in [1.807, 2.05) is 20.0 Å². The molecule has 0 saturated heterocycles. The summed E-state index contributed by atoms with van der Waals surface area (Å²) in [5.74, 6) is 0.543. The van der Waals surface area contributed by atoms with Crippen molar-refractivity contribution in [2.75, 3.05) is 13.6 Å². The maximum atomic E-state index is 13.9. The predicted octanol–water partition coefficient (Wildman–Crippen LogP) is 3.32. The van der Waals surface area contributed by atoms with Gasteiger partial charge in [0.25, 0.3) is 0 Å². The average Bonchev–Trinajstić information content (AvgIpc) is 3.16. The highest BCUT2D eigenvalue weighted by atomic mass is 79.9. The van der Waals surface area contributed by atoms with E-state index in [1.165, 1.54) is 18.9 Å². The highest BCUT2D eigenvalue weighted by Crippen LogP contribution is 2.37. The Balaban J connectivity index is 2.18. The first-order valence-electron chi connectivity index (χ1n) is 6.41. The predicted molar refractivity (Wildman–Crippen MR) is 75.8 cm³/mol. The average molecular weight is 315 g/mol. The number of rotatable bonds is 5. The van der Waals surface area contributed by atoms with Crippen LogP contribution in [0.4, 0.5) is 4.39 Å². The Bertz CT molecular complexity index is 420. The van der Waals surface area contributed by atoms with Crippen LogP contribution in [0, 0.1) is 11.7 Å². The molecule has 1 aliphatic carbocycles. The minimum atomic E-state index is -0.149. The van der Waals surface area contributed by atoms with Gasteiger partial charge in [0.2, 0.25) is 0 Å². The smallest absolute Gasteiger partial charge is 0.128 e. The normalized spacial score (nSPS) is 19.0.